The Morgan fingerprint density at radius 1 is 1.35 bits per heavy atom. The summed E-state index contributed by atoms with van der Waals surface area (Å²) >= 11 is 2.48. The van der Waals surface area contributed by atoms with Crippen LogP contribution in [-0.4, -0.2) is 23.2 Å². The van der Waals surface area contributed by atoms with Gasteiger partial charge in [-0.05, 0) is 35.5 Å². The lowest BCUT2D eigenvalue weighted by atomic mass is 10.1. The second-order valence-electron chi connectivity index (χ2n) is 3.54. The summed E-state index contributed by atoms with van der Waals surface area (Å²) in [4.78, 5) is 11.1. The van der Waals surface area contributed by atoms with Crippen LogP contribution in [0.4, 0.5) is 22.0 Å². The second kappa shape index (κ2) is 7.26. The zero-order valence-corrected chi connectivity index (χ0v) is 12.1. The maximum absolute atomic E-state index is 12.4. The Hall–Kier alpha value is -0.830. The van der Waals surface area contributed by atoms with Crippen LogP contribution in [0.5, 0.6) is 5.75 Å². The molecule has 0 spiro atoms. The number of halogens is 6. The van der Waals surface area contributed by atoms with Crippen LogP contribution < -0.4 is 4.74 Å². The molecule has 0 unspecified atom stereocenters. The van der Waals surface area contributed by atoms with E-state index in [4.69, 9.17) is 0 Å². The SMILES string of the molecule is O=C(CBr)Cc1cc(OC(F)F)ccc1SC(F)(F)F. The van der Waals surface area contributed by atoms with Gasteiger partial charge in [0.25, 0.3) is 0 Å². The molecule has 0 saturated heterocycles. The lowest BCUT2D eigenvalue weighted by Crippen LogP contribution is -2.08. The highest BCUT2D eigenvalue weighted by Gasteiger charge is 2.30. The van der Waals surface area contributed by atoms with Crippen LogP contribution >= 0.6 is 27.7 Å². The van der Waals surface area contributed by atoms with E-state index in [1.54, 1.807) is 0 Å². The first-order chi connectivity index (χ1) is 9.21. The van der Waals surface area contributed by atoms with E-state index >= 15 is 0 Å². The van der Waals surface area contributed by atoms with Gasteiger partial charge in [0, 0.05) is 11.3 Å². The van der Waals surface area contributed by atoms with Crippen LogP contribution in [0.3, 0.4) is 0 Å². The first kappa shape index (κ1) is 17.2. The monoisotopic (exact) mass is 378 g/mol. The van der Waals surface area contributed by atoms with Crippen molar-refractivity contribution in [1.29, 1.82) is 0 Å². The van der Waals surface area contributed by atoms with Crippen LogP contribution in [0.25, 0.3) is 0 Å². The fourth-order valence-electron chi connectivity index (χ4n) is 1.35. The van der Waals surface area contributed by atoms with E-state index < -0.39 is 23.9 Å². The maximum Gasteiger partial charge on any atom is 0.446 e. The van der Waals surface area contributed by atoms with Gasteiger partial charge in [-0.2, -0.15) is 22.0 Å². The molecule has 0 aromatic heterocycles. The summed E-state index contributed by atoms with van der Waals surface area (Å²) in [5, 5.41) is -0.0386. The van der Waals surface area contributed by atoms with Gasteiger partial charge in [-0.3, -0.25) is 4.79 Å². The van der Waals surface area contributed by atoms with Crippen molar-refractivity contribution in [3.8, 4) is 5.75 Å². The quantitative estimate of drug-likeness (QED) is 0.416. The van der Waals surface area contributed by atoms with Gasteiger partial charge in [-0.15, -0.1) is 0 Å². The summed E-state index contributed by atoms with van der Waals surface area (Å²) in [6.45, 7) is -3.09. The smallest absolute Gasteiger partial charge is 0.435 e. The minimum absolute atomic E-state index is 0.00470. The summed E-state index contributed by atoms with van der Waals surface area (Å²) in [7, 11) is 0. The van der Waals surface area contributed by atoms with Crippen molar-refractivity contribution in [2.75, 3.05) is 5.33 Å². The lowest BCUT2D eigenvalue weighted by Gasteiger charge is -2.12. The topological polar surface area (TPSA) is 26.3 Å². The largest absolute Gasteiger partial charge is 0.446 e. The Kier molecular flexibility index (Phi) is 6.25. The molecule has 0 heterocycles. The van der Waals surface area contributed by atoms with Crippen molar-refractivity contribution in [3.63, 3.8) is 0 Å². The lowest BCUT2D eigenvalue weighted by molar-refractivity contribution is -0.115. The van der Waals surface area contributed by atoms with Crippen molar-refractivity contribution >= 4 is 33.5 Å². The molecule has 9 heteroatoms. The van der Waals surface area contributed by atoms with Crippen LogP contribution in [0.1, 0.15) is 5.56 Å². The molecule has 0 aliphatic carbocycles. The van der Waals surface area contributed by atoms with Crippen molar-refractivity contribution in [3.05, 3.63) is 23.8 Å². The molecule has 0 N–H and O–H groups in total. The Labute approximate surface area is 123 Å². The van der Waals surface area contributed by atoms with Crippen LogP contribution in [0.2, 0.25) is 0 Å². The van der Waals surface area contributed by atoms with Crippen LogP contribution in [0.15, 0.2) is 23.1 Å². The molecule has 1 aromatic carbocycles. The number of ketones is 1. The van der Waals surface area contributed by atoms with E-state index in [0.717, 1.165) is 18.2 Å². The predicted octanol–water partition coefficient (Wildman–Crippen LogP) is 4.41. The number of hydrogen-bond donors (Lipinski definition) is 0. The van der Waals surface area contributed by atoms with Crippen LogP contribution in [0, 0.1) is 0 Å². The standard InChI is InChI=1S/C11H8BrF5O2S/c12-5-7(18)3-6-4-8(19-10(13)14)1-2-9(6)20-11(15,16)17/h1-2,4,10H,3,5H2. The molecule has 0 atom stereocenters. The number of ether oxygens (including phenoxy) is 1. The zero-order chi connectivity index (χ0) is 15.3. The molecule has 0 aliphatic rings. The fraction of sp³-hybridized carbons (Fsp3) is 0.364. The van der Waals surface area contributed by atoms with E-state index in [9.17, 15) is 26.7 Å². The van der Waals surface area contributed by atoms with E-state index in [-0.39, 0.29) is 33.7 Å². The minimum atomic E-state index is -4.53. The Morgan fingerprint density at radius 3 is 2.50 bits per heavy atom. The molecule has 0 bridgehead atoms. The first-order valence-corrected chi connectivity index (χ1v) is 7.06. The van der Waals surface area contributed by atoms with Crippen molar-refractivity contribution in [2.45, 2.75) is 23.4 Å². The van der Waals surface area contributed by atoms with Crippen LogP contribution in [-0.2, 0) is 11.2 Å². The number of carbonyl (C=O) groups excluding carboxylic acids is 1. The third-order valence-corrected chi connectivity index (χ3v) is 3.49. The van der Waals surface area contributed by atoms with Gasteiger partial charge in [0.15, 0.2) is 0 Å². The van der Waals surface area contributed by atoms with Gasteiger partial charge in [-0.25, -0.2) is 0 Å². The fourth-order valence-corrected chi connectivity index (χ4v) is 2.20. The van der Waals surface area contributed by atoms with Gasteiger partial charge in [0.05, 0.1) is 5.33 Å². The maximum atomic E-state index is 12.4. The van der Waals surface area contributed by atoms with E-state index in [0.29, 0.717) is 0 Å². The molecule has 20 heavy (non-hydrogen) atoms. The van der Waals surface area contributed by atoms with Crippen molar-refractivity contribution in [2.24, 2.45) is 0 Å². The molecular weight excluding hydrogens is 371 g/mol. The molecule has 2 nitrogen and oxygen atoms in total. The number of alkyl halides is 6. The summed E-state index contributed by atoms with van der Waals surface area (Å²) in [5.41, 5.74) is -4.54. The second-order valence-corrected chi connectivity index (χ2v) is 5.21. The van der Waals surface area contributed by atoms with Gasteiger partial charge < -0.3 is 4.74 Å². The summed E-state index contributed by atoms with van der Waals surface area (Å²) < 4.78 is 65.4. The highest BCUT2D eigenvalue weighted by molar-refractivity contribution is 9.09. The number of benzene rings is 1. The number of thioether (sulfide) groups is 1. The van der Waals surface area contributed by atoms with E-state index in [1.165, 1.54) is 0 Å². The number of Topliss-reactive ketones (excluding diaryl/α,β-unsaturated/α-hetero) is 1. The van der Waals surface area contributed by atoms with E-state index in [2.05, 4.69) is 20.7 Å². The van der Waals surface area contributed by atoms with E-state index in [1.807, 2.05) is 0 Å². The Balaban J connectivity index is 3.05. The third-order valence-electron chi connectivity index (χ3n) is 2.02. The molecule has 0 radical (unpaired) electrons. The Bertz CT molecular complexity index is 478. The molecule has 112 valence electrons. The van der Waals surface area contributed by atoms with Gasteiger partial charge in [-0.1, -0.05) is 15.9 Å². The van der Waals surface area contributed by atoms with Crippen molar-refractivity contribution in [1.82, 2.24) is 0 Å². The number of carbonyl (C=O) groups is 1. The zero-order valence-electron chi connectivity index (χ0n) is 9.72. The summed E-state index contributed by atoms with van der Waals surface area (Å²) in [5.74, 6) is -0.660. The molecule has 1 rings (SSSR count). The van der Waals surface area contributed by atoms with Gasteiger partial charge in [0.1, 0.15) is 11.5 Å². The first-order valence-electron chi connectivity index (χ1n) is 5.12. The van der Waals surface area contributed by atoms with Gasteiger partial charge >= 0.3 is 12.1 Å². The van der Waals surface area contributed by atoms with Crippen molar-refractivity contribution < 1.29 is 31.5 Å². The number of rotatable bonds is 6. The molecule has 0 amide bonds. The molecule has 1 aromatic rings. The number of hydrogen-bond acceptors (Lipinski definition) is 3. The van der Waals surface area contributed by atoms with Gasteiger partial charge in [0.2, 0.25) is 0 Å². The predicted molar refractivity (Wildman–Crippen MR) is 67.5 cm³/mol. The highest BCUT2D eigenvalue weighted by atomic mass is 79.9. The molecule has 0 fully saturated rings. The molecule has 0 saturated carbocycles. The average molecular weight is 379 g/mol. The Morgan fingerprint density at radius 2 is 2.00 bits per heavy atom. The molecular formula is C11H8BrF5O2S. The highest BCUT2D eigenvalue weighted by Crippen LogP contribution is 2.39. The summed E-state index contributed by atoms with van der Waals surface area (Å²) in [6.07, 6.45) is -0.301. The average Bonchev–Trinajstić information content (AvgIpc) is 2.30. The molecule has 0 aliphatic heterocycles. The summed E-state index contributed by atoms with van der Waals surface area (Å²) in [6, 6.07) is 3.02. The normalized spacial score (nSPS) is 11.8. The minimum Gasteiger partial charge on any atom is -0.435 e. The third kappa shape index (κ3) is 6.08.